The van der Waals surface area contributed by atoms with Gasteiger partial charge in [0.05, 0.1) is 0 Å². The fraction of sp³-hybridized carbons (Fsp3) is 0.118. The molecule has 0 bridgehead atoms. The highest BCUT2D eigenvalue weighted by molar-refractivity contribution is 6.03. The predicted octanol–water partition coefficient (Wildman–Crippen LogP) is 3.61. The van der Waals surface area contributed by atoms with Crippen LogP contribution in [0, 0.1) is 13.8 Å². The van der Waals surface area contributed by atoms with Gasteiger partial charge < -0.3 is 9.84 Å². The van der Waals surface area contributed by atoms with Gasteiger partial charge in [0.15, 0.2) is 11.5 Å². The van der Waals surface area contributed by atoms with Crippen molar-refractivity contribution in [1.29, 1.82) is 0 Å². The van der Waals surface area contributed by atoms with E-state index in [2.05, 4.69) is 15.5 Å². The van der Waals surface area contributed by atoms with E-state index in [-0.39, 0.29) is 11.6 Å². The Bertz CT molecular complexity index is 810. The van der Waals surface area contributed by atoms with Crippen molar-refractivity contribution in [3.05, 3.63) is 65.6 Å². The number of nitrogens with one attached hydrogen (secondary N) is 1. The number of pyridine rings is 1. The number of carbonyl (C=O) groups is 1. The van der Waals surface area contributed by atoms with Gasteiger partial charge in [-0.3, -0.25) is 9.78 Å². The Hall–Kier alpha value is -2.95. The van der Waals surface area contributed by atoms with Gasteiger partial charge in [-0.25, -0.2) is 0 Å². The summed E-state index contributed by atoms with van der Waals surface area (Å²) in [6.45, 7) is 4.03. The van der Waals surface area contributed by atoms with Gasteiger partial charge in [0.1, 0.15) is 0 Å². The van der Waals surface area contributed by atoms with Crippen molar-refractivity contribution < 1.29 is 9.32 Å². The van der Waals surface area contributed by atoms with Crippen molar-refractivity contribution in [2.24, 2.45) is 0 Å². The zero-order valence-corrected chi connectivity index (χ0v) is 12.3. The summed E-state index contributed by atoms with van der Waals surface area (Å²) in [4.78, 5) is 16.2. The van der Waals surface area contributed by atoms with Crippen molar-refractivity contribution in [3.8, 4) is 11.3 Å². The van der Waals surface area contributed by atoms with Gasteiger partial charge in [-0.15, -0.1) is 0 Å². The maximum Gasteiger partial charge on any atom is 0.277 e. The van der Waals surface area contributed by atoms with Gasteiger partial charge in [-0.05, 0) is 49.2 Å². The zero-order chi connectivity index (χ0) is 15.5. The molecular formula is C17H15N3O2. The van der Waals surface area contributed by atoms with Gasteiger partial charge in [-0.1, -0.05) is 11.2 Å². The first-order valence-electron chi connectivity index (χ1n) is 6.89. The monoisotopic (exact) mass is 293 g/mol. The number of nitrogens with zero attached hydrogens (tertiary/aromatic N) is 2. The number of aryl methyl sites for hydroxylation is 2. The molecule has 5 nitrogen and oxygen atoms in total. The number of hydrogen-bond acceptors (Lipinski definition) is 4. The van der Waals surface area contributed by atoms with Crippen LogP contribution >= 0.6 is 0 Å². The fourth-order valence-corrected chi connectivity index (χ4v) is 2.04. The average molecular weight is 293 g/mol. The summed E-state index contributed by atoms with van der Waals surface area (Å²) in [5.41, 5.74) is 4.05. The van der Waals surface area contributed by atoms with Crippen molar-refractivity contribution in [2.45, 2.75) is 13.8 Å². The van der Waals surface area contributed by atoms with E-state index in [0.717, 1.165) is 16.8 Å². The first kappa shape index (κ1) is 14.0. The summed E-state index contributed by atoms with van der Waals surface area (Å²) < 4.78 is 5.20. The maximum atomic E-state index is 12.2. The molecule has 1 amide bonds. The van der Waals surface area contributed by atoms with E-state index >= 15 is 0 Å². The summed E-state index contributed by atoms with van der Waals surface area (Å²) in [5, 5.41) is 6.63. The highest BCUT2D eigenvalue weighted by Crippen LogP contribution is 2.20. The lowest BCUT2D eigenvalue weighted by atomic mass is 10.1. The van der Waals surface area contributed by atoms with Crippen LogP contribution in [0.4, 0.5) is 5.69 Å². The van der Waals surface area contributed by atoms with Crippen LogP contribution in [0.5, 0.6) is 0 Å². The molecule has 110 valence electrons. The Morgan fingerprint density at radius 1 is 1.14 bits per heavy atom. The number of anilines is 1. The van der Waals surface area contributed by atoms with Crippen LogP contribution in [0.25, 0.3) is 11.3 Å². The molecule has 1 N–H and O–H groups in total. The molecule has 0 aliphatic rings. The minimum absolute atomic E-state index is 0.233. The molecule has 0 aliphatic carbocycles. The van der Waals surface area contributed by atoms with Crippen molar-refractivity contribution >= 4 is 11.6 Å². The Kier molecular flexibility index (Phi) is 3.70. The minimum Gasteiger partial charge on any atom is -0.355 e. The lowest BCUT2D eigenvalue weighted by Crippen LogP contribution is -2.12. The molecule has 2 heterocycles. The standard InChI is InChI=1S/C17H15N3O2/c1-11-5-6-14(8-12(11)2)19-17(21)15-9-16(22-20-15)13-4-3-7-18-10-13/h3-10H,1-2H3,(H,19,21). The van der Waals surface area contributed by atoms with Crippen LogP contribution < -0.4 is 5.32 Å². The SMILES string of the molecule is Cc1ccc(NC(=O)c2cc(-c3cccnc3)on2)cc1C. The van der Waals surface area contributed by atoms with E-state index < -0.39 is 0 Å². The lowest BCUT2D eigenvalue weighted by Gasteiger charge is -2.05. The molecule has 3 aromatic rings. The average Bonchev–Trinajstić information content (AvgIpc) is 3.02. The molecule has 0 spiro atoms. The number of rotatable bonds is 3. The molecule has 22 heavy (non-hydrogen) atoms. The first-order valence-corrected chi connectivity index (χ1v) is 6.89. The summed E-state index contributed by atoms with van der Waals surface area (Å²) >= 11 is 0. The van der Waals surface area contributed by atoms with Gasteiger partial charge in [0.2, 0.25) is 0 Å². The number of carbonyl (C=O) groups excluding carboxylic acids is 1. The Balaban J connectivity index is 1.78. The van der Waals surface area contributed by atoms with Gasteiger partial charge >= 0.3 is 0 Å². The highest BCUT2D eigenvalue weighted by Gasteiger charge is 2.14. The number of hydrogen-bond donors (Lipinski definition) is 1. The summed E-state index contributed by atoms with van der Waals surface area (Å²) in [6, 6.07) is 11.0. The summed E-state index contributed by atoms with van der Waals surface area (Å²) in [5.74, 6) is 0.209. The predicted molar refractivity (Wildman–Crippen MR) is 83.6 cm³/mol. The fourth-order valence-electron chi connectivity index (χ4n) is 2.04. The van der Waals surface area contributed by atoms with E-state index in [1.165, 1.54) is 5.56 Å². The molecule has 3 rings (SSSR count). The minimum atomic E-state index is -0.304. The third-order valence-corrected chi connectivity index (χ3v) is 3.45. The quantitative estimate of drug-likeness (QED) is 0.801. The van der Waals surface area contributed by atoms with Gasteiger partial charge in [0, 0.05) is 29.7 Å². The van der Waals surface area contributed by atoms with Crippen molar-refractivity contribution in [1.82, 2.24) is 10.1 Å². The Morgan fingerprint density at radius 2 is 2.00 bits per heavy atom. The molecule has 0 saturated heterocycles. The molecule has 0 fully saturated rings. The second-order valence-electron chi connectivity index (χ2n) is 5.07. The molecule has 0 saturated carbocycles. The molecule has 0 atom stereocenters. The molecular weight excluding hydrogens is 278 g/mol. The highest BCUT2D eigenvalue weighted by atomic mass is 16.5. The number of aromatic nitrogens is 2. The number of benzene rings is 1. The normalized spacial score (nSPS) is 10.5. The topological polar surface area (TPSA) is 68.0 Å². The van der Waals surface area contributed by atoms with E-state index in [4.69, 9.17) is 4.52 Å². The van der Waals surface area contributed by atoms with Crippen LogP contribution in [0.2, 0.25) is 0 Å². The van der Waals surface area contributed by atoms with Crippen molar-refractivity contribution in [3.63, 3.8) is 0 Å². The number of amides is 1. The van der Waals surface area contributed by atoms with Crippen LogP contribution in [0.3, 0.4) is 0 Å². The summed E-state index contributed by atoms with van der Waals surface area (Å²) in [6.07, 6.45) is 3.33. The second kappa shape index (κ2) is 5.81. The van der Waals surface area contributed by atoms with Crippen LogP contribution in [-0.4, -0.2) is 16.0 Å². The maximum absolute atomic E-state index is 12.2. The second-order valence-corrected chi connectivity index (χ2v) is 5.07. The largest absolute Gasteiger partial charge is 0.355 e. The van der Waals surface area contributed by atoms with Crippen LogP contribution in [0.15, 0.2) is 53.3 Å². The molecule has 0 unspecified atom stereocenters. The lowest BCUT2D eigenvalue weighted by molar-refractivity contribution is 0.101. The van der Waals surface area contributed by atoms with Crippen LogP contribution in [0.1, 0.15) is 21.6 Å². The van der Waals surface area contributed by atoms with Crippen LogP contribution in [-0.2, 0) is 0 Å². The molecule has 0 radical (unpaired) electrons. The molecule has 0 aliphatic heterocycles. The van der Waals surface area contributed by atoms with E-state index in [0.29, 0.717) is 5.76 Å². The first-order chi connectivity index (χ1) is 10.6. The van der Waals surface area contributed by atoms with E-state index in [9.17, 15) is 4.79 Å². The molecule has 1 aromatic carbocycles. The van der Waals surface area contributed by atoms with Gasteiger partial charge in [-0.2, -0.15) is 0 Å². The van der Waals surface area contributed by atoms with E-state index in [1.807, 2.05) is 38.1 Å². The zero-order valence-electron chi connectivity index (χ0n) is 12.3. The Labute approximate surface area is 128 Å². The molecule has 5 heteroatoms. The smallest absolute Gasteiger partial charge is 0.277 e. The van der Waals surface area contributed by atoms with E-state index in [1.54, 1.807) is 24.5 Å². The third kappa shape index (κ3) is 2.88. The van der Waals surface area contributed by atoms with Gasteiger partial charge in [0.25, 0.3) is 5.91 Å². The molecule has 2 aromatic heterocycles. The van der Waals surface area contributed by atoms with Crippen molar-refractivity contribution in [2.75, 3.05) is 5.32 Å². The third-order valence-electron chi connectivity index (χ3n) is 3.45. The Morgan fingerprint density at radius 3 is 2.73 bits per heavy atom. The summed E-state index contributed by atoms with van der Waals surface area (Å²) in [7, 11) is 0.